The zero-order chi connectivity index (χ0) is 20.1. The lowest BCUT2D eigenvalue weighted by Crippen LogP contribution is -2.49. The summed E-state index contributed by atoms with van der Waals surface area (Å²) in [6, 6.07) is 9.96. The molecule has 2 bridgehead atoms. The van der Waals surface area contributed by atoms with Crippen molar-refractivity contribution in [1.29, 1.82) is 0 Å². The number of aryl methyl sites for hydroxylation is 1. The highest BCUT2D eigenvalue weighted by Crippen LogP contribution is 2.40. The molecule has 4 rings (SSSR count). The van der Waals surface area contributed by atoms with E-state index >= 15 is 0 Å². The van der Waals surface area contributed by atoms with Crippen molar-refractivity contribution in [2.45, 2.75) is 71.1 Å². The first-order valence-electron chi connectivity index (χ1n) is 10.1. The first-order valence-corrected chi connectivity index (χ1v) is 10.1. The van der Waals surface area contributed by atoms with E-state index in [0.29, 0.717) is 0 Å². The molecule has 0 saturated carbocycles. The minimum absolute atomic E-state index is 0.0351. The van der Waals surface area contributed by atoms with E-state index < -0.39 is 5.60 Å². The molecule has 1 aromatic carbocycles. The summed E-state index contributed by atoms with van der Waals surface area (Å²) in [7, 11) is 0. The number of hydrogen-bond donors (Lipinski definition) is 0. The van der Waals surface area contributed by atoms with Gasteiger partial charge in [-0.3, -0.25) is 9.78 Å². The molecular formula is C23H28N2O3. The van der Waals surface area contributed by atoms with E-state index in [2.05, 4.69) is 4.98 Å². The standard InChI is InChI=1S/C23H28N2O3/c1-14-5-6-15-11-16(7-10-20(15)24-14)21(26)17-12-18-8-9-19(13-17)25(18)22(27)28-23(2,3)4/h5-7,10-11,17-19H,8-9,12-13H2,1-4H3. The minimum atomic E-state index is -0.499. The Labute approximate surface area is 166 Å². The molecule has 2 aliphatic heterocycles. The van der Waals surface area contributed by atoms with Gasteiger partial charge >= 0.3 is 6.09 Å². The number of pyridine rings is 1. The van der Waals surface area contributed by atoms with Crippen LogP contribution in [0.2, 0.25) is 0 Å². The van der Waals surface area contributed by atoms with Crippen molar-refractivity contribution in [3.8, 4) is 0 Å². The number of carbonyl (C=O) groups is 2. The molecule has 2 atom stereocenters. The smallest absolute Gasteiger partial charge is 0.410 e. The zero-order valence-electron chi connectivity index (χ0n) is 17.1. The maximum Gasteiger partial charge on any atom is 0.410 e. The Morgan fingerprint density at radius 3 is 2.39 bits per heavy atom. The van der Waals surface area contributed by atoms with E-state index in [1.807, 2.05) is 62.9 Å². The van der Waals surface area contributed by atoms with Crippen LogP contribution >= 0.6 is 0 Å². The number of fused-ring (bicyclic) bond motifs is 3. The summed E-state index contributed by atoms with van der Waals surface area (Å²) < 4.78 is 5.59. The molecule has 5 heteroatoms. The second kappa shape index (κ2) is 6.87. The fourth-order valence-electron chi connectivity index (χ4n) is 4.62. The Bertz CT molecular complexity index is 917. The Morgan fingerprint density at radius 1 is 1.07 bits per heavy atom. The van der Waals surface area contributed by atoms with Gasteiger partial charge in [-0.1, -0.05) is 6.07 Å². The summed E-state index contributed by atoms with van der Waals surface area (Å²) in [6.07, 6.45) is 3.11. The van der Waals surface area contributed by atoms with Crippen molar-refractivity contribution in [3.63, 3.8) is 0 Å². The molecule has 0 radical (unpaired) electrons. The topological polar surface area (TPSA) is 59.5 Å². The summed E-state index contributed by atoms with van der Waals surface area (Å²) in [6.45, 7) is 7.63. The van der Waals surface area contributed by atoms with Crippen molar-refractivity contribution in [2.24, 2.45) is 5.92 Å². The quantitative estimate of drug-likeness (QED) is 0.695. The van der Waals surface area contributed by atoms with Gasteiger partial charge in [0, 0.05) is 34.6 Å². The van der Waals surface area contributed by atoms with Crippen LogP contribution in [0.25, 0.3) is 10.9 Å². The first kappa shape index (κ1) is 18.9. The molecule has 2 aliphatic rings. The molecule has 2 saturated heterocycles. The van der Waals surface area contributed by atoms with Gasteiger partial charge in [-0.25, -0.2) is 4.79 Å². The molecule has 2 unspecified atom stereocenters. The predicted molar refractivity (Wildman–Crippen MR) is 108 cm³/mol. The molecule has 1 aromatic heterocycles. The largest absolute Gasteiger partial charge is 0.444 e. The van der Waals surface area contributed by atoms with E-state index in [0.717, 1.165) is 47.8 Å². The van der Waals surface area contributed by atoms with Crippen LogP contribution in [0.4, 0.5) is 4.79 Å². The number of ketones is 1. The van der Waals surface area contributed by atoms with Crippen LogP contribution in [-0.2, 0) is 4.74 Å². The van der Waals surface area contributed by atoms with E-state index in [9.17, 15) is 9.59 Å². The average molecular weight is 380 g/mol. The molecule has 2 aromatic rings. The number of hydrogen-bond acceptors (Lipinski definition) is 4. The second-order valence-corrected chi connectivity index (χ2v) is 9.17. The summed E-state index contributed by atoms with van der Waals surface area (Å²) in [4.78, 5) is 32.2. The highest BCUT2D eigenvalue weighted by atomic mass is 16.6. The number of benzene rings is 1. The van der Waals surface area contributed by atoms with Crippen molar-refractivity contribution in [3.05, 3.63) is 41.6 Å². The zero-order valence-corrected chi connectivity index (χ0v) is 17.1. The van der Waals surface area contributed by atoms with Gasteiger partial charge in [-0.05, 0) is 77.6 Å². The number of amides is 1. The fraction of sp³-hybridized carbons (Fsp3) is 0.522. The van der Waals surface area contributed by atoms with E-state index in [1.54, 1.807) is 0 Å². The lowest BCUT2D eigenvalue weighted by molar-refractivity contribution is 0.00254. The Balaban J connectivity index is 1.50. The normalized spacial score (nSPS) is 24.4. The molecular weight excluding hydrogens is 352 g/mol. The van der Waals surface area contributed by atoms with E-state index in [4.69, 9.17) is 4.74 Å². The summed E-state index contributed by atoms with van der Waals surface area (Å²) in [5.41, 5.74) is 2.13. The SMILES string of the molecule is Cc1ccc2cc(C(=O)C3CC4CCC(C3)N4C(=O)OC(C)(C)C)ccc2n1. The summed E-state index contributed by atoms with van der Waals surface area (Å²) in [5, 5.41) is 0.991. The number of carbonyl (C=O) groups excluding carboxylic acids is 2. The van der Waals surface area contributed by atoms with Crippen molar-refractivity contribution < 1.29 is 14.3 Å². The van der Waals surface area contributed by atoms with Gasteiger partial charge in [0.25, 0.3) is 0 Å². The van der Waals surface area contributed by atoms with Gasteiger partial charge in [0.15, 0.2) is 5.78 Å². The third-order valence-electron chi connectivity index (χ3n) is 5.82. The number of Topliss-reactive ketones (excluding diaryl/α,β-unsaturated/α-hetero) is 1. The summed E-state index contributed by atoms with van der Waals surface area (Å²) >= 11 is 0. The van der Waals surface area contributed by atoms with Crippen LogP contribution in [0.3, 0.4) is 0 Å². The van der Waals surface area contributed by atoms with Crippen molar-refractivity contribution in [2.75, 3.05) is 0 Å². The number of aromatic nitrogens is 1. The number of piperidine rings is 1. The van der Waals surface area contributed by atoms with Crippen LogP contribution in [0.5, 0.6) is 0 Å². The van der Waals surface area contributed by atoms with Crippen molar-refractivity contribution in [1.82, 2.24) is 9.88 Å². The van der Waals surface area contributed by atoms with Crippen LogP contribution in [0, 0.1) is 12.8 Å². The maximum absolute atomic E-state index is 13.2. The van der Waals surface area contributed by atoms with Gasteiger partial charge in [0.2, 0.25) is 0 Å². The van der Waals surface area contributed by atoms with Crippen LogP contribution in [0.1, 0.15) is 62.5 Å². The van der Waals surface area contributed by atoms with Crippen LogP contribution < -0.4 is 0 Å². The molecule has 2 fully saturated rings. The number of ether oxygens (including phenoxy) is 1. The minimum Gasteiger partial charge on any atom is -0.444 e. The molecule has 1 amide bonds. The average Bonchev–Trinajstić information content (AvgIpc) is 2.89. The first-order chi connectivity index (χ1) is 13.2. The third-order valence-corrected chi connectivity index (χ3v) is 5.82. The monoisotopic (exact) mass is 380 g/mol. The Hall–Kier alpha value is -2.43. The third kappa shape index (κ3) is 3.62. The molecule has 3 heterocycles. The van der Waals surface area contributed by atoms with Gasteiger partial charge in [-0.2, -0.15) is 0 Å². The highest BCUT2D eigenvalue weighted by Gasteiger charge is 2.46. The van der Waals surface area contributed by atoms with Gasteiger partial charge in [0.05, 0.1) is 5.52 Å². The molecule has 0 aliphatic carbocycles. The van der Waals surface area contributed by atoms with E-state index in [1.165, 1.54) is 0 Å². The molecule has 0 spiro atoms. The molecule has 0 N–H and O–H groups in total. The highest BCUT2D eigenvalue weighted by molar-refractivity contribution is 6.01. The van der Waals surface area contributed by atoms with Gasteiger partial charge in [-0.15, -0.1) is 0 Å². The fourth-order valence-corrected chi connectivity index (χ4v) is 4.62. The lowest BCUT2D eigenvalue weighted by Gasteiger charge is -2.39. The number of nitrogens with zero attached hydrogens (tertiary/aromatic N) is 2. The summed E-state index contributed by atoms with van der Waals surface area (Å²) in [5.74, 6) is 0.148. The Kier molecular flexibility index (Phi) is 4.64. The molecule has 28 heavy (non-hydrogen) atoms. The van der Waals surface area contributed by atoms with Crippen molar-refractivity contribution >= 4 is 22.8 Å². The van der Waals surface area contributed by atoms with Crippen LogP contribution in [0.15, 0.2) is 30.3 Å². The maximum atomic E-state index is 13.2. The molecule has 5 nitrogen and oxygen atoms in total. The predicted octanol–water partition coefficient (Wildman–Crippen LogP) is 4.90. The van der Waals surface area contributed by atoms with Gasteiger partial charge < -0.3 is 9.64 Å². The second-order valence-electron chi connectivity index (χ2n) is 9.17. The lowest BCUT2D eigenvalue weighted by atomic mass is 9.84. The molecule has 148 valence electrons. The van der Waals surface area contributed by atoms with E-state index in [-0.39, 0.29) is 29.9 Å². The van der Waals surface area contributed by atoms with Crippen LogP contribution in [-0.4, -0.2) is 39.4 Å². The Morgan fingerprint density at radius 2 is 1.75 bits per heavy atom. The number of rotatable bonds is 2. The van der Waals surface area contributed by atoms with Gasteiger partial charge in [0.1, 0.15) is 5.60 Å².